The predicted molar refractivity (Wildman–Crippen MR) is 67.9 cm³/mol. The predicted octanol–water partition coefficient (Wildman–Crippen LogP) is 3.10. The van der Waals surface area contributed by atoms with E-state index in [0.717, 1.165) is 24.2 Å². The summed E-state index contributed by atoms with van der Waals surface area (Å²) in [5.74, 6) is 0. The lowest BCUT2D eigenvalue weighted by atomic mass is 10.1. The van der Waals surface area contributed by atoms with E-state index in [1.165, 1.54) is 11.9 Å². The zero-order valence-corrected chi connectivity index (χ0v) is 10.9. The molecule has 18 heavy (non-hydrogen) atoms. The highest BCUT2D eigenvalue weighted by Crippen LogP contribution is 2.24. The van der Waals surface area contributed by atoms with Crippen LogP contribution in [0, 0.1) is 6.92 Å². The average molecular weight is 260 g/mol. The van der Waals surface area contributed by atoms with Gasteiger partial charge in [-0.25, -0.2) is 0 Å². The van der Waals surface area contributed by atoms with Gasteiger partial charge in [0.05, 0.1) is 0 Å². The third kappa shape index (κ3) is 4.56. The summed E-state index contributed by atoms with van der Waals surface area (Å²) in [5.41, 5.74) is 2.56. The van der Waals surface area contributed by atoms with Gasteiger partial charge in [-0.3, -0.25) is 0 Å². The van der Waals surface area contributed by atoms with Crippen LogP contribution in [0.15, 0.2) is 18.2 Å². The van der Waals surface area contributed by atoms with Crippen LogP contribution in [0.25, 0.3) is 0 Å². The van der Waals surface area contributed by atoms with E-state index in [1.807, 2.05) is 26.0 Å². The minimum absolute atomic E-state index is 0.618. The Morgan fingerprint density at radius 3 is 2.44 bits per heavy atom. The molecule has 0 heterocycles. The molecular formula is C13H19F3N2. The summed E-state index contributed by atoms with van der Waals surface area (Å²) in [6.45, 7) is 4.52. The number of nitrogens with one attached hydrogen (secondary N) is 1. The molecule has 0 aliphatic heterocycles. The molecule has 0 saturated heterocycles. The molecule has 0 spiro atoms. The third-order valence-electron chi connectivity index (χ3n) is 2.67. The fourth-order valence-electron chi connectivity index (χ4n) is 1.88. The summed E-state index contributed by atoms with van der Waals surface area (Å²) in [6.07, 6.45) is -4.18. The zero-order chi connectivity index (χ0) is 13.8. The van der Waals surface area contributed by atoms with Crippen LogP contribution in [-0.2, 0) is 6.54 Å². The topological polar surface area (TPSA) is 15.3 Å². The first-order chi connectivity index (χ1) is 8.33. The second-order valence-electron chi connectivity index (χ2n) is 4.37. The molecule has 0 aliphatic rings. The SMILES string of the molecule is CCNCc1ccc(N(C)CC(F)(F)F)c(C)c1. The molecule has 0 fully saturated rings. The summed E-state index contributed by atoms with van der Waals surface area (Å²) in [7, 11) is 1.46. The molecule has 0 aliphatic carbocycles. The molecule has 0 amide bonds. The van der Waals surface area contributed by atoms with Crippen LogP contribution in [0.1, 0.15) is 18.1 Å². The van der Waals surface area contributed by atoms with Gasteiger partial charge in [0.1, 0.15) is 6.54 Å². The molecule has 1 rings (SSSR count). The van der Waals surface area contributed by atoms with Gasteiger partial charge in [0.15, 0.2) is 0 Å². The van der Waals surface area contributed by atoms with Gasteiger partial charge < -0.3 is 10.2 Å². The van der Waals surface area contributed by atoms with E-state index in [-0.39, 0.29) is 0 Å². The molecule has 1 aromatic carbocycles. The van der Waals surface area contributed by atoms with Crippen molar-refractivity contribution in [3.05, 3.63) is 29.3 Å². The Kier molecular flexibility index (Phi) is 5.02. The van der Waals surface area contributed by atoms with Gasteiger partial charge in [0, 0.05) is 19.3 Å². The molecule has 0 bridgehead atoms. The molecule has 0 aromatic heterocycles. The molecule has 0 unspecified atom stereocenters. The lowest BCUT2D eigenvalue weighted by Gasteiger charge is -2.23. The van der Waals surface area contributed by atoms with Gasteiger partial charge in [0.25, 0.3) is 0 Å². The first kappa shape index (κ1) is 14.8. The van der Waals surface area contributed by atoms with Crippen LogP contribution in [0.2, 0.25) is 0 Å². The van der Waals surface area contributed by atoms with Crippen molar-refractivity contribution in [1.29, 1.82) is 0 Å². The number of benzene rings is 1. The van der Waals surface area contributed by atoms with E-state index < -0.39 is 12.7 Å². The quantitative estimate of drug-likeness (QED) is 0.875. The molecular weight excluding hydrogens is 241 g/mol. The Bertz CT molecular complexity index is 388. The van der Waals surface area contributed by atoms with Crippen molar-refractivity contribution in [3.8, 4) is 0 Å². The fourth-order valence-corrected chi connectivity index (χ4v) is 1.88. The van der Waals surface area contributed by atoms with Crippen molar-refractivity contribution in [2.75, 3.05) is 25.0 Å². The largest absolute Gasteiger partial charge is 0.405 e. The van der Waals surface area contributed by atoms with E-state index in [1.54, 1.807) is 6.07 Å². The number of hydrogen-bond acceptors (Lipinski definition) is 2. The molecule has 102 valence electrons. The van der Waals surface area contributed by atoms with E-state index in [0.29, 0.717) is 5.69 Å². The summed E-state index contributed by atoms with van der Waals surface area (Å²) >= 11 is 0. The smallest absolute Gasteiger partial charge is 0.366 e. The fraction of sp³-hybridized carbons (Fsp3) is 0.538. The maximum absolute atomic E-state index is 12.3. The highest BCUT2D eigenvalue weighted by Gasteiger charge is 2.29. The second kappa shape index (κ2) is 6.09. The average Bonchev–Trinajstić information content (AvgIpc) is 2.23. The Hall–Kier alpha value is -1.23. The zero-order valence-electron chi connectivity index (χ0n) is 10.9. The van der Waals surface area contributed by atoms with Crippen LogP contribution < -0.4 is 10.2 Å². The van der Waals surface area contributed by atoms with E-state index in [4.69, 9.17) is 0 Å². The van der Waals surface area contributed by atoms with E-state index in [2.05, 4.69) is 5.32 Å². The van der Waals surface area contributed by atoms with Gasteiger partial charge in [-0.05, 0) is 30.7 Å². The number of halogens is 3. The van der Waals surface area contributed by atoms with E-state index >= 15 is 0 Å². The molecule has 0 radical (unpaired) electrons. The van der Waals surface area contributed by atoms with Gasteiger partial charge in [-0.1, -0.05) is 19.1 Å². The molecule has 0 atom stereocenters. The minimum atomic E-state index is -4.18. The molecule has 5 heteroatoms. The standard InChI is InChI=1S/C13H19F3N2/c1-4-17-8-11-5-6-12(10(2)7-11)18(3)9-13(14,15)16/h5-7,17H,4,8-9H2,1-3H3. The van der Waals surface area contributed by atoms with Crippen molar-refractivity contribution < 1.29 is 13.2 Å². The van der Waals surface area contributed by atoms with Crippen LogP contribution in [0.4, 0.5) is 18.9 Å². The Morgan fingerprint density at radius 1 is 1.28 bits per heavy atom. The second-order valence-corrected chi connectivity index (χ2v) is 4.37. The van der Waals surface area contributed by atoms with Crippen molar-refractivity contribution in [2.45, 2.75) is 26.6 Å². The van der Waals surface area contributed by atoms with Crippen LogP contribution in [0.3, 0.4) is 0 Å². The molecule has 0 saturated carbocycles. The molecule has 1 aromatic rings. The van der Waals surface area contributed by atoms with Gasteiger partial charge >= 0.3 is 6.18 Å². The van der Waals surface area contributed by atoms with Crippen molar-refractivity contribution in [2.24, 2.45) is 0 Å². The van der Waals surface area contributed by atoms with Crippen molar-refractivity contribution in [1.82, 2.24) is 5.32 Å². The highest BCUT2D eigenvalue weighted by atomic mass is 19.4. The molecule has 2 nitrogen and oxygen atoms in total. The Morgan fingerprint density at radius 2 is 1.94 bits per heavy atom. The number of alkyl halides is 3. The summed E-state index contributed by atoms with van der Waals surface area (Å²) in [4.78, 5) is 1.23. The number of nitrogens with zero attached hydrogens (tertiary/aromatic N) is 1. The van der Waals surface area contributed by atoms with Gasteiger partial charge in [-0.2, -0.15) is 13.2 Å². The number of aryl methyl sites for hydroxylation is 1. The molecule has 1 N–H and O–H groups in total. The maximum atomic E-state index is 12.3. The summed E-state index contributed by atoms with van der Waals surface area (Å²) in [6, 6.07) is 5.52. The van der Waals surface area contributed by atoms with Gasteiger partial charge in [-0.15, -0.1) is 0 Å². The Balaban J connectivity index is 2.78. The first-order valence-electron chi connectivity index (χ1n) is 5.91. The van der Waals surface area contributed by atoms with Gasteiger partial charge in [0.2, 0.25) is 0 Å². The van der Waals surface area contributed by atoms with Crippen molar-refractivity contribution >= 4 is 5.69 Å². The highest BCUT2D eigenvalue weighted by molar-refractivity contribution is 5.54. The number of hydrogen-bond donors (Lipinski definition) is 1. The lowest BCUT2D eigenvalue weighted by Crippen LogP contribution is -2.31. The minimum Gasteiger partial charge on any atom is -0.366 e. The van der Waals surface area contributed by atoms with Crippen molar-refractivity contribution in [3.63, 3.8) is 0 Å². The lowest BCUT2D eigenvalue weighted by molar-refractivity contribution is -0.119. The van der Waals surface area contributed by atoms with E-state index in [9.17, 15) is 13.2 Å². The van der Waals surface area contributed by atoms with Crippen LogP contribution >= 0.6 is 0 Å². The summed E-state index contributed by atoms with van der Waals surface area (Å²) in [5, 5.41) is 3.19. The monoisotopic (exact) mass is 260 g/mol. The Labute approximate surface area is 106 Å². The third-order valence-corrected chi connectivity index (χ3v) is 2.67. The van der Waals surface area contributed by atoms with Crippen LogP contribution in [0.5, 0.6) is 0 Å². The number of rotatable bonds is 5. The summed E-state index contributed by atoms with van der Waals surface area (Å²) < 4.78 is 37.0. The first-order valence-corrected chi connectivity index (χ1v) is 5.91. The normalized spacial score (nSPS) is 11.7. The maximum Gasteiger partial charge on any atom is 0.405 e. The van der Waals surface area contributed by atoms with Crippen LogP contribution in [-0.4, -0.2) is 26.3 Å². The number of anilines is 1.